The maximum absolute atomic E-state index is 6.41. The fourth-order valence-corrected chi connectivity index (χ4v) is 6.58. The lowest BCUT2D eigenvalue weighted by Gasteiger charge is -2.23. The Morgan fingerprint density at radius 3 is 1.88 bits per heavy atom. The van der Waals surface area contributed by atoms with Crippen molar-refractivity contribution in [3.05, 3.63) is 133 Å². The van der Waals surface area contributed by atoms with Gasteiger partial charge in [-0.15, -0.1) is 0 Å². The lowest BCUT2D eigenvalue weighted by molar-refractivity contribution is 0.487. The summed E-state index contributed by atoms with van der Waals surface area (Å²) in [5, 5.41) is 7.09. The van der Waals surface area contributed by atoms with Crippen molar-refractivity contribution in [3.63, 3.8) is 0 Å². The highest BCUT2D eigenvalue weighted by Gasteiger charge is 2.23. The quantitative estimate of drug-likeness (QED) is 0.231. The van der Waals surface area contributed by atoms with Crippen LogP contribution in [-0.2, 0) is 0 Å². The number of benzene rings is 7. The Labute approximate surface area is 230 Å². The molecule has 8 aromatic rings. The third kappa shape index (κ3) is 2.93. The molecule has 2 heteroatoms. The summed E-state index contributed by atoms with van der Waals surface area (Å²) >= 11 is 0. The molecular formula is C38H22O2. The molecule has 0 N–H and O–H groups in total. The van der Waals surface area contributed by atoms with Gasteiger partial charge in [-0.05, 0) is 68.2 Å². The van der Waals surface area contributed by atoms with Crippen molar-refractivity contribution in [1.29, 1.82) is 0 Å². The van der Waals surface area contributed by atoms with Crippen molar-refractivity contribution >= 4 is 43.5 Å². The minimum atomic E-state index is 0.903. The summed E-state index contributed by atoms with van der Waals surface area (Å²) in [5.41, 5.74) is 8.89. The van der Waals surface area contributed by atoms with Crippen molar-refractivity contribution in [2.75, 3.05) is 0 Å². The average molecular weight is 511 g/mol. The Morgan fingerprint density at radius 2 is 0.975 bits per heavy atom. The molecule has 2 heterocycles. The van der Waals surface area contributed by atoms with E-state index >= 15 is 0 Å². The Bertz CT molecular complexity index is 2300. The number of hydrogen-bond acceptors (Lipinski definition) is 2. The smallest absolute Gasteiger partial charge is 0.136 e. The first-order chi connectivity index (χ1) is 19.8. The van der Waals surface area contributed by atoms with Crippen molar-refractivity contribution < 1.29 is 9.15 Å². The van der Waals surface area contributed by atoms with Gasteiger partial charge >= 0.3 is 0 Å². The molecule has 0 saturated heterocycles. The second-order valence-corrected chi connectivity index (χ2v) is 10.4. The van der Waals surface area contributed by atoms with E-state index < -0.39 is 0 Å². The first-order valence-corrected chi connectivity index (χ1v) is 13.6. The van der Waals surface area contributed by atoms with E-state index in [0.29, 0.717) is 0 Å². The van der Waals surface area contributed by atoms with Crippen LogP contribution in [0.3, 0.4) is 0 Å². The number of fused-ring (bicyclic) bond motifs is 7. The zero-order valence-electron chi connectivity index (χ0n) is 21.5. The second-order valence-electron chi connectivity index (χ2n) is 10.4. The van der Waals surface area contributed by atoms with Crippen LogP contribution in [0.15, 0.2) is 138 Å². The van der Waals surface area contributed by atoms with Crippen LogP contribution in [0.25, 0.3) is 76.9 Å². The highest BCUT2D eigenvalue weighted by molar-refractivity contribution is 6.23. The molecule has 0 radical (unpaired) electrons. The Morgan fingerprint density at radius 1 is 0.325 bits per heavy atom. The maximum Gasteiger partial charge on any atom is 0.136 e. The van der Waals surface area contributed by atoms with Gasteiger partial charge in [0.1, 0.15) is 22.7 Å². The molecule has 0 fully saturated rings. The van der Waals surface area contributed by atoms with E-state index in [1.165, 1.54) is 49.4 Å². The molecule has 1 aliphatic heterocycles. The van der Waals surface area contributed by atoms with E-state index in [1.54, 1.807) is 0 Å². The largest absolute Gasteiger partial charge is 0.456 e. The van der Waals surface area contributed by atoms with Crippen molar-refractivity contribution in [3.8, 4) is 44.9 Å². The lowest BCUT2D eigenvalue weighted by atomic mass is 9.87. The molecule has 9 rings (SSSR count). The van der Waals surface area contributed by atoms with Gasteiger partial charge in [-0.25, -0.2) is 0 Å². The highest BCUT2D eigenvalue weighted by atomic mass is 16.5. The molecule has 0 atom stereocenters. The van der Waals surface area contributed by atoms with Gasteiger partial charge in [0.2, 0.25) is 0 Å². The number of rotatable bonds is 2. The number of ether oxygens (including phenoxy) is 1. The summed E-state index contributed by atoms with van der Waals surface area (Å²) in [6, 6.07) is 47.1. The molecule has 186 valence electrons. The summed E-state index contributed by atoms with van der Waals surface area (Å²) in [6.07, 6.45) is 0. The molecule has 0 bridgehead atoms. The van der Waals surface area contributed by atoms with E-state index in [1.807, 2.05) is 12.1 Å². The van der Waals surface area contributed by atoms with Gasteiger partial charge < -0.3 is 9.15 Å². The molecule has 7 aromatic carbocycles. The van der Waals surface area contributed by atoms with Crippen LogP contribution in [-0.4, -0.2) is 0 Å². The topological polar surface area (TPSA) is 22.4 Å². The van der Waals surface area contributed by atoms with Gasteiger partial charge in [-0.2, -0.15) is 0 Å². The fourth-order valence-electron chi connectivity index (χ4n) is 6.58. The maximum atomic E-state index is 6.41. The third-order valence-corrected chi connectivity index (χ3v) is 8.29. The summed E-state index contributed by atoms with van der Waals surface area (Å²) in [7, 11) is 0. The molecule has 0 aliphatic carbocycles. The van der Waals surface area contributed by atoms with Crippen LogP contribution in [0.2, 0.25) is 0 Å². The fraction of sp³-hybridized carbons (Fsp3) is 0. The Balaban J connectivity index is 1.35. The van der Waals surface area contributed by atoms with Crippen LogP contribution < -0.4 is 4.74 Å². The van der Waals surface area contributed by atoms with E-state index in [4.69, 9.17) is 9.15 Å². The predicted molar refractivity (Wildman–Crippen MR) is 165 cm³/mol. The van der Waals surface area contributed by atoms with Crippen molar-refractivity contribution in [1.82, 2.24) is 0 Å². The zero-order valence-corrected chi connectivity index (χ0v) is 21.5. The minimum absolute atomic E-state index is 0.903. The third-order valence-electron chi connectivity index (χ3n) is 8.29. The molecular weight excluding hydrogens is 488 g/mol. The van der Waals surface area contributed by atoms with Crippen molar-refractivity contribution in [2.45, 2.75) is 0 Å². The Kier molecular flexibility index (Phi) is 4.36. The number of para-hydroxylation sites is 1. The van der Waals surface area contributed by atoms with E-state index in [2.05, 4.69) is 121 Å². The first kappa shape index (κ1) is 21.6. The molecule has 0 saturated carbocycles. The molecule has 0 spiro atoms. The van der Waals surface area contributed by atoms with Gasteiger partial charge in [0, 0.05) is 21.7 Å². The normalized spacial score (nSPS) is 12.2. The van der Waals surface area contributed by atoms with Crippen LogP contribution in [0, 0.1) is 0 Å². The summed E-state index contributed by atoms with van der Waals surface area (Å²) in [5.74, 6) is 1.81. The molecule has 0 unspecified atom stereocenters. The van der Waals surface area contributed by atoms with E-state index in [9.17, 15) is 0 Å². The molecule has 40 heavy (non-hydrogen) atoms. The van der Waals surface area contributed by atoms with Crippen LogP contribution in [0.4, 0.5) is 0 Å². The van der Waals surface area contributed by atoms with Gasteiger partial charge in [-0.3, -0.25) is 0 Å². The summed E-state index contributed by atoms with van der Waals surface area (Å²) in [4.78, 5) is 0. The summed E-state index contributed by atoms with van der Waals surface area (Å²) in [6.45, 7) is 0. The van der Waals surface area contributed by atoms with E-state index in [0.717, 1.165) is 39.0 Å². The minimum Gasteiger partial charge on any atom is -0.456 e. The monoisotopic (exact) mass is 510 g/mol. The molecule has 0 amide bonds. The SMILES string of the molecule is c1ccc2c(c1)Oc1ccc(-c3ccccc3-c3cccc4oc5ccc6ccccc6c5c34)c3cccc-2c13. The van der Waals surface area contributed by atoms with Gasteiger partial charge in [0.05, 0.1) is 0 Å². The van der Waals surface area contributed by atoms with Crippen LogP contribution >= 0.6 is 0 Å². The highest BCUT2D eigenvalue weighted by Crippen LogP contribution is 2.50. The second kappa shape index (κ2) is 8.08. The standard InChI is InChI=1S/C38H22O2/c1-2-10-24-23(9-1)19-21-35-37(24)38-30(16-8-18-33(38)40-35)26-12-4-3-11-25(26)27-20-22-34-36-29(27)14-7-15-31(36)28-13-5-6-17-32(28)39-34/h1-22H. The van der Waals surface area contributed by atoms with Gasteiger partial charge in [0.25, 0.3) is 0 Å². The van der Waals surface area contributed by atoms with Crippen LogP contribution in [0.5, 0.6) is 11.5 Å². The van der Waals surface area contributed by atoms with Crippen LogP contribution in [0.1, 0.15) is 0 Å². The number of hydrogen-bond donors (Lipinski definition) is 0. The average Bonchev–Trinajstić information content (AvgIpc) is 3.41. The van der Waals surface area contributed by atoms with Gasteiger partial charge in [0.15, 0.2) is 0 Å². The van der Waals surface area contributed by atoms with Gasteiger partial charge in [-0.1, -0.05) is 109 Å². The molecule has 1 aliphatic rings. The zero-order chi connectivity index (χ0) is 26.2. The molecule has 2 nitrogen and oxygen atoms in total. The summed E-state index contributed by atoms with van der Waals surface area (Å²) < 4.78 is 12.8. The predicted octanol–water partition coefficient (Wildman–Crippen LogP) is 11.0. The Hall–Kier alpha value is -5.34. The first-order valence-electron chi connectivity index (χ1n) is 13.6. The lowest BCUT2D eigenvalue weighted by Crippen LogP contribution is -1.98. The van der Waals surface area contributed by atoms with E-state index in [-0.39, 0.29) is 0 Å². The number of furan rings is 1. The molecule has 1 aromatic heterocycles. The van der Waals surface area contributed by atoms with Crippen molar-refractivity contribution in [2.24, 2.45) is 0 Å².